The maximum Gasteiger partial charge on any atom is 0.322 e. The fourth-order valence-corrected chi connectivity index (χ4v) is 3.25. The molecule has 0 unspecified atom stereocenters. The normalized spacial score (nSPS) is 21.8. The zero-order chi connectivity index (χ0) is 15.0. The minimum atomic E-state index is -3.53. The van der Waals surface area contributed by atoms with Crippen LogP contribution in [0.5, 0.6) is 0 Å². The van der Waals surface area contributed by atoms with Crippen LogP contribution in [-0.4, -0.2) is 86.3 Å². The van der Waals surface area contributed by atoms with Gasteiger partial charge in [-0.1, -0.05) is 0 Å². The summed E-state index contributed by atoms with van der Waals surface area (Å²) in [5.74, 6) is 0.713. The van der Waals surface area contributed by atoms with Crippen LogP contribution in [0.1, 0.15) is 0 Å². The highest BCUT2D eigenvalue weighted by Crippen LogP contribution is 2.18. The largest absolute Gasteiger partial charge is 0.378 e. The summed E-state index contributed by atoms with van der Waals surface area (Å²) in [4.78, 5) is 4.55. The third-order valence-electron chi connectivity index (χ3n) is 4.03. The van der Waals surface area contributed by atoms with Gasteiger partial charge in [-0.25, -0.2) is 0 Å². The van der Waals surface area contributed by atoms with Gasteiger partial charge >= 0.3 is 10.2 Å². The third kappa shape index (κ3) is 2.78. The Labute approximate surface area is 125 Å². The Morgan fingerprint density at radius 1 is 1.24 bits per heavy atom. The molecule has 0 aromatic carbocycles. The molecule has 2 aliphatic rings. The van der Waals surface area contributed by atoms with E-state index in [-0.39, 0.29) is 0 Å². The van der Waals surface area contributed by atoms with E-state index in [1.54, 1.807) is 6.07 Å². The summed E-state index contributed by atoms with van der Waals surface area (Å²) in [5.41, 5.74) is 0. The van der Waals surface area contributed by atoms with Gasteiger partial charge in [0.1, 0.15) is 0 Å². The Hall–Kier alpha value is -1.16. The SMILES string of the molecule is CN(C)S(=O)(=O)n1ccc(N2CCN(C3COC3)CC2)n1. The average molecular weight is 315 g/mol. The number of ether oxygens (including phenoxy) is 1. The Morgan fingerprint density at radius 3 is 2.43 bits per heavy atom. The van der Waals surface area contributed by atoms with Crippen molar-refractivity contribution in [3.05, 3.63) is 12.3 Å². The number of hydrogen-bond acceptors (Lipinski definition) is 6. The lowest BCUT2D eigenvalue weighted by Crippen LogP contribution is -2.56. The molecule has 1 aromatic rings. The summed E-state index contributed by atoms with van der Waals surface area (Å²) in [6.07, 6.45) is 1.50. The van der Waals surface area contributed by atoms with Crippen molar-refractivity contribution in [1.82, 2.24) is 18.4 Å². The number of anilines is 1. The Bertz CT molecular complexity index is 588. The van der Waals surface area contributed by atoms with Crippen molar-refractivity contribution >= 4 is 16.0 Å². The smallest absolute Gasteiger partial charge is 0.322 e. The van der Waals surface area contributed by atoms with Crippen LogP contribution < -0.4 is 4.90 Å². The minimum Gasteiger partial charge on any atom is -0.378 e. The first-order valence-electron chi connectivity index (χ1n) is 7.04. The minimum absolute atomic E-state index is 0.554. The highest BCUT2D eigenvalue weighted by molar-refractivity contribution is 7.87. The van der Waals surface area contributed by atoms with Gasteiger partial charge in [-0.15, -0.1) is 5.10 Å². The summed E-state index contributed by atoms with van der Waals surface area (Å²) >= 11 is 0. The molecule has 118 valence electrons. The molecule has 3 heterocycles. The third-order valence-corrected chi connectivity index (χ3v) is 5.62. The lowest BCUT2D eigenvalue weighted by atomic mass is 10.2. The molecule has 2 fully saturated rings. The van der Waals surface area contributed by atoms with Crippen LogP contribution in [0, 0.1) is 0 Å². The number of rotatable bonds is 4. The highest BCUT2D eigenvalue weighted by atomic mass is 32.2. The molecule has 0 aliphatic carbocycles. The molecule has 3 rings (SSSR count). The molecule has 8 nitrogen and oxygen atoms in total. The van der Waals surface area contributed by atoms with E-state index in [9.17, 15) is 8.42 Å². The summed E-state index contributed by atoms with van der Waals surface area (Å²) in [6.45, 7) is 5.29. The molecule has 0 radical (unpaired) electrons. The van der Waals surface area contributed by atoms with Gasteiger partial charge in [0.15, 0.2) is 5.82 Å². The van der Waals surface area contributed by atoms with Crippen molar-refractivity contribution in [3.8, 4) is 0 Å². The van der Waals surface area contributed by atoms with E-state index in [1.807, 2.05) is 0 Å². The van der Waals surface area contributed by atoms with Gasteiger partial charge < -0.3 is 9.64 Å². The van der Waals surface area contributed by atoms with Gasteiger partial charge in [-0.3, -0.25) is 4.90 Å². The quantitative estimate of drug-likeness (QED) is 0.714. The predicted octanol–water partition coefficient (Wildman–Crippen LogP) is -0.942. The second-order valence-corrected chi connectivity index (χ2v) is 7.55. The Morgan fingerprint density at radius 2 is 1.90 bits per heavy atom. The fraction of sp³-hybridized carbons (Fsp3) is 0.750. The van der Waals surface area contributed by atoms with Crippen LogP contribution in [-0.2, 0) is 14.9 Å². The van der Waals surface area contributed by atoms with E-state index in [2.05, 4.69) is 14.9 Å². The maximum absolute atomic E-state index is 12.0. The monoisotopic (exact) mass is 315 g/mol. The van der Waals surface area contributed by atoms with Crippen LogP contribution in [0.25, 0.3) is 0 Å². The van der Waals surface area contributed by atoms with Crippen molar-refractivity contribution in [2.75, 3.05) is 58.4 Å². The fourth-order valence-electron chi connectivity index (χ4n) is 2.51. The summed E-state index contributed by atoms with van der Waals surface area (Å²) in [6, 6.07) is 2.31. The standard InChI is InChI=1S/C12H21N5O3S/c1-14(2)21(18,19)17-4-3-12(13-17)16-7-5-15(6-8-16)11-9-20-10-11/h3-4,11H,5-10H2,1-2H3. The van der Waals surface area contributed by atoms with E-state index in [4.69, 9.17) is 4.74 Å². The predicted molar refractivity (Wildman–Crippen MR) is 78.6 cm³/mol. The first-order chi connectivity index (χ1) is 9.98. The summed E-state index contributed by atoms with van der Waals surface area (Å²) in [5, 5.41) is 4.20. The van der Waals surface area contributed by atoms with Crippen LogP contribution in [0.2, 0.25) is 0 Å². The lowest BCUT2D eigenvalue weighted by Gasteiger charge is -2.42. The van der Waals surface area contributed by atoms with Crippen molar-refractivity contribution in [2.45, 2.75) is 6.04 Å². The van der Waals surface area contributed by atoms with Crippen molar-refractivity contribution in [1.29, 1.82) is 0 Å². The second kappa shape index (κ2) is 5.56. The van der Waals surface area contributed by atoms with Crippen LogP contribution >= 0.6 is 0 Å². The molecule has 1 aromatic heterocycles. The van der Waals surface area contributed by atoms with Crippen LogP contribution in [0.3, 0.4) is 0 Å². The van der Waals surface area contributed by atoms with Gasteiger partial charge in [0.2, 0.25) is 0 Å². The highest BCUT2D eigenvalue weighted by Gasteiger charge is 2.29. The zero-order valence-electron chi connectivity index (χ0n) is 12.3. The summed E-state index contributed by atoms with van der Waals surface area (Å²) in [7, 11) is -0.536. The van der Waals surface area contributed by atoms with Gasteiger partial charge in [0.05, 0.1) is 19.3 Å². The Balaban J connectivity index is 1.65. The van der Waals surface area contributed by atoms with Crippen molar-refractivity contribution in [2.24, 2.45) is 0 Å². The number of piperazine rings is 1. The number of nitrogens with zero attached hydrogens (tertiary/aromatic N) is 5. The molecule has 0 bridgehead atoms. The number of hydrogen-bond donors (Lipinski definition) is 0. The van der Waals surface area contributed by atoms with E-state index in [0.717, 1.165) is 47.8 Å². The molecule has 0 saturated carbocycles. The average Bonchev–Trinajstić information content (AvgIpc) is 2.87. The molecule has 0 amide bonds. The molecule has 2 saturated heterocycles. The molecule has 0 atom stereocenters. The van der Waals surface area contributed by atoms with Crippen LogP contribution in [0.4, 0.5) is 5.82 Å². The molecule has 21 heavy (non-hydrogen) atoms. The van der Waals surface area contributed by atoms with Crippen molar-refractivity contribution < 1.29 is 13.2 Å². The zero-order valence-corrected chi connectivity index (χ0v) is 13.2. The van der Waals surface area contributed by atoms with Crippen LogP contribution in [0.15, 0.2) is 12.3 Å². The molecule has 0 N–H and O–H groups in total. The van der Waals surface area contributed by atoms with Crippen molar-refractivity contribution in [3.63, 3.8) is 0 Å². The Kier molecular flexibility index (Phi) is 3.91. The summed E-state index contributed by atoms with van der Waals surface area (Å²) < 4.78 is 31.4. The first kappa shape index (κ1) is 14.8. The first-order valence-corrected chi connectivity index (χ1v) is 8.43. The second-order valence-electron chi connectivity index (χ2n) is 5.55. The number of aromatic nitrogens is 2. The van der Waals surface area contributed by atoms with Gasteiger partial charge in [-0.2, -0.15) is 16.8 Å². The lowest BCUT2D eigenvalue weighted by molar-refractivity contribution is -0.0661. The molecule has 0 spiro atoms. The van der Waals surface area contributed by atoms with E-state index >= 15 is 0 Å². The molecule has 9 heteroatoms. The van der Waals surface area contributed by atoms with Gasteiger partial charge in [-0.05, 0) is 0 Å². The van der Waals surface area contributed by atoms with E-state index < -0.39 is 10.2 Å². The van der Waals surface area contributed by atoms with Gasteiger partial charge in [0.25, 0.3) is 0 Å². The van der Waals surface area contributed by atoms with E-state index in [1.165, 1.54) is 20.3 Å². The van der Waals surface area contributed by atoms with Gasteiger partial charge in [0, 0.05) is 52.5 Å². The molecule has 2 aliphatic heterocycles. The molecular weight excluding hydrogens is 294 g/mol. The maximum atomic E-state index is 12.0. The topological polar surface area (TPSA) is 70.9 Å². The van der Waals surface area contributed by atoms with E-state index in [0.29, 0.717) is 11.9 Å². The molecular formula is C12H21N5O3S.